The van der Waals surface area contributed by atoms with Crippen molar-refractivity contribution >= 4 is 29.0 Å². The van der Waals surface area contributed by atoms with Crippen molar-refractivity contribution in [3.8, 4) is 5.75 Å². The van der Waals surface area contributed by atoms with Crippen LogP contribution in [0.4, 0.5) is 0 Å². The third kappa shape index (κ3) is 4.75. The maximum Gasteiger partial charge on any atom is 0.337 e. The van der Waals surface area contributed by atoms with Crippen LogP contribution in [0.1, 0.15) is 18.2 Å². The number of hydrogen-bond donors (Lipinski definition) is 0. The SMILES string of the molecule is CCOCC(=O)Oc1cccc(/C=C/c2ccc3ccccc3n2)c1. The molecule has 0 bridgehead atoms. The maximum atomic E-state index is 11.6. The van der Waals surface area contributed by atoms with Gasteiger partial charge in [0.2, 0.25) is 0 Å². The number of carbonyl (C=O) groups is 1. The normalized spacial score (nSPS) is 11.1. The van der Waals surface area contributed by atoms with Crippen LogP contribution in [-0.2, 0) is 9.53 Å². The van der Waals surface area contributed by atoms with Gasteiger partial charge in [0.05, 0.1) is 11.2 Å². The van der Waals surface area contributed by atoms with Gasteiger partial charge in [-0.15, -0.1) is 0 Å². The zero-order valence-electron chi connectivity index (χ0n) is 14.0. The van der Waals surface area contributed by atoms with Gasteiger partial charge in [-0.25, -0.2) is 9.78 Å². The number of rotatable bonds is 6. The standard InChI is InChI=1S/C21H19NO3/c1-2-24-15-21(23)25-19-8-5-6-16(14-19)10-12-18-13-11-17-7-3-4-9-20(17)22-18/h3-14H,2,15H2,1H3/b12-10+. The lowest BCUT2D eigenvalue weighted by atomic mass is 10.1. The topological polar surface area (TPSA) is 48.4 Å². The molecule has 3 aromatic rings. The molecule has 126 valence electrons. The Kier molecular flexibility index (Phi) is 5.54. The number of benzene rings is 2. The minimum atomic E-state index is -0.404. The van der Waals surface area contributed by atoms with Gasteiger partial charge in [0.25, 0.3) is 0 Å². The molecule has 2 aromatic carbocycles. The van der Waals surface area contributed by atoms with Crippen molar-refractivity contribution < 1.29 is 14.3 Å². The maximum absolute atomic E-state index is 11.6. The lowest BCUT2D eigenvalue weighted by Gasteiger charge is -2.05. The van der Waals surface area contributed by atoms with Gasteiger partial charge in [-0.3, -0.25) is 0 Å². The first-order valence-corrected chi connectivity index (χ1v) is 8.17. The van der Waals surface area contributed by atoms with Gasteiger partial charge in [0, 0.05) is 12.0 Å². The molecule has 25 heavy (non-hydrogen) atoms. The monoisotopic (exact) mass is 333 g/mol. The van der Waals surface area contributed by atoms with Crippen LogP contribution in [0.3, 0.4) is 0 Å². The Labute approximate surface area is 146 Å². The van der Waals surface area contributed by atoms with E-state index in [9.17, 15) is 4.79 Å². The third-order valence-corrected chi connectivity index (χ3v) is 3.58. The van der Waals surface area contributed by atoms with Crippen molar-refractivity contribution in [3.05, 3.63) is 71.9 Å². The Morgan fingerprint density at radius 3 is 2.80 bits per heavy atom. The molecule has 0 fully saturated rings. The molecular formula is C21H19NO3. The Balaban J connectivity index is 1.72. The van der Waals surface area contributed by atoms with E-state index in [1.807, 2.05) is 67.6 Å². The van der Waals surface area contributed by atoms with Gasteiger partial charge >= 0.3 is 5.97 Å². The van der Waals surface area contributed by atoms with Crippen LogP contribution in [-0.4, -0.2) is 24.2 Å². The van der Waals surface area contributed by atoms with E-state index in [0.29, 0.717) is 12.4 Å². The van der Waals surface area contributed by atoms with Gasteiger partial charge < -0.3 is 9.47 Å². The molecular weight excluding hydrogens is 314 g/mol. The van der Waals surface area contributed by atoms with Gasteiger partial charge in [-0.2, -0.15) is 0 Å². The third-order valence-electron chi connectivity index (χ3n) is 3.58. The lowest BCUT2D eigenvalue weighted by Crippen LogP contribution is -2.15. The first kappa shape index (κ1) is 16.9. The summed E-state index contributed by atoms with van der Waals surface area (Å²) in [6, 6.07) is 19.4. The molecule has 4 heteroatoms. The Bertz CT molecular complexity index is 902. The second kappa shape index (κ2) is 8.22. The van der Waals surface area contributed by atoms with E-state index in [4.69, 9.17) is 9.47 Å². The highest BCUT2D eigenvalue weighted by molar-refractivity contribution is 5.81. The highest BCUT2D eigenvalue weighted by atomic mass is 16.6. The van der Waals surface area contributed by atoms with Crippen molar-refractivity contribution in [2.45, 2.75) is 6.92 Å². The average Bonchev–Trinajstić information content (AvgIpc) is 2.65. The van der Waals surface area contributed by atoms with Crippen LogP contribution in [0, 0.1) is 0 Å². The molecule has 0 radical (unpaired) electrons. The summed E-state index contributed by atoms with van der Waals surface area (Å²) < 4.78 is 10.3. The fourth-order valence-electron chi connectivity index (χ4n) is 2.38. The predicted molar refractivity (Wildman–Crippen MR) is 99.2 cm³/mol. The first-order valence-electron chi connectivity index (χ1n) is 8.17. The molecule has 0 saturated carbocycles. The number of nitrogens with zero attached hydrogens (tertiary/aromatic N) is 1. The van der Waals surface area contributed by atoms with Gasteiger partial charge in [0.1, 0.15) is 12.4 Å². The van der Waals surface area contributed by atoms with E-state index < -0.39 is 5.97 Å². The molecule has 4 nitrogen and oxygen atoms in total. The second-order valence-corrected chi connectivity index (χ2v) is 5.45. The van der Waals surface area contributed by atoms with Crippen molar-refractivity contribution in [1.29, 1.82) is 0 Å². The Morgan fingerprint density at radius 2 is 1.92 bits per heavy atom. The van der Waals surface area contributed by atoms with Gasteiger partial charge in [-0.05, 0) is 42.8 Å². The zero-order chi connectivity index (χ0) is 17.5. The van der Waals surface area contributed by atoms with E-state index >= 15 is 0 Å². The molecule has 0 spiro atoms. The van der Waals surface area contributed by atoms with Crippen LogP contribution in [0.15, 0.2) is 60.7 Å². The number of aromatic nitrogens is 1. The van der Waals surface area contributed by atoms with E-state index in [1.54, 1.807) is 12.1 Å². The number of ether oxygens (including phenoxy) is 2. The second-order valence-electron chi connectivity index (χ2n) is 5.45. The summed E-state index contributed by atoms with van der Waals surface area (Å²) in [5.74, 6) is 0.0949. The highest BCUT2D eigenvalue weighted by Crippen LogP contribution is 2.17. The van der Waals surface area contributed by atoms with Crippen LogP contribution >= 0.6 is 0 Å². The smallest absolute Gasteiger partial charge is 0.337 e. The molecule has 0 aliphatic heterocycles. The number of fused-ring (bicyclic) bond motifs is 1. The molecule has 0 aliphatic carbocycles. The molecule has 0 amide bonds. The van der Waals surface area contributed by atoms with Crippen LogP contribution in [0.25, 0.3) is 23.1 Å². The summed E-state index contributed by atoms with van der Waals surface area (Å²) >= 11 is 0. The molecule has 0 atom stereocenters. The summed E-state index contributed by atoms with van der Waals surface area (Å²) in [4.78, 5) is 16.2. The molecule has 3 rings (SSSR count). The minimum Gasteiger partial charge on any atom is -0.425 e. The zero-order valence-corrected chi connectivity index (χ0v) is 14.0. The number of para-hydroxylation sites is 1. The summed E-state index contributed by atoms with van der Waals surface area (Å²) in [6.45, 7) is 2.27. The lowest BCUT2D eigenvalue weighted by molar-refractivity contribution is -0.139. The Morgan fingerprint density at radius 1 is 1.04 bits per heavy atom. The quantitative estimate of drug-likeness (QED) is 0.497. The van der Waals surface area contributed by atoms with Gasteiger partial charge in [-0.1, -0.05) is 42.5 Å². The fraction of sp³-hybridized carbons (Fsp3) is 0.143. The number of carbonyl (C=O) groups excluding carboxylic acids is 1. The molecule has 0 saturated heterocycles. The highest BCUT2D eigenvalue weighted by Gasteiger charge is 2.04. The van der Waals surface area contributed by atoms with E-state index in [-0.39, 0.29) is 6.61 Å². The van der Waals surface area contributed by atoms with Crippen LogP contribution in [0.5, 0.6) is 5.75 Å². The largest absolute Gasteiger partial charge is 0.425 e. The van der Waals surface area contributed by atoms with Crippen molar-refractivity contribution in [2.75, 3.05) is 13.2 Å². The van der Waals surface area contributed by atoms with Gasteiger partial charge in [0.15, 0.2) is 0 Å². The predicted octanol–water partition coefficient (Wildman–Crippen LogP) is 4.35. The average molecular weight is 333 g/mol. The van der Waals surface area contributed by atoms with Crippen molar-refractivity contribution in [3.63, 3.8) is 0 Å². The van der Waals surface area contributed by atoms with E-state index in [1.165, 1.54) is 0 Å². The van der Waals surface area contributed by atoms with Crippen LogP contribution < -0.4 is 4.74 Å². The number of esters is 1. The molecule has 1 heterocycles. The molecule has 0 aliphatic rings. The van der Waals surface area contributed by atoms with Crippen molar-refractivity contribution in [1.82, 2.24) is 4.98 Å². The summed E-state index contributed by atoms with van der Waals surface area (Å²) in [5.41, 5.74) is 2.76. The Hall–Kier alpha value is -2.98. The van der Waals surface area contributed by atoms with E-state index in [2.05, 4.69) is 4.98 Å². The molecule has 0 N–H and O–H groups in total. The van der Waals surface area contributed by atoms with E-state index in [0.717, 1.165) is 22.2 Å². The summed E-state index contributed by atoms with van der Waals surface area (Å²) in [7, 11) is 0. The first-order chi connectivity index (χ1) is 12.2. The van der Waals surface area contributed by atoms with Crippen LogP contribution in [0.2, 0.25) is 0 Å². The minimum absolute atomic E-state index is 0.0441. The summed E-state index contributed by atoms with van der Waals surface area (Å²) in [5, 5.41) is 1.11. The number of hydrogen-bond acceptors (Lipinski definition) is 4. The summed E-state index contributed by atoms with van der Waals surface area (Å²) in [6.07, 6.45) is 3.88. The molecule has 0 unspecified atom stereocenters. The fourth-order valence-corrected chi connectivity index (χ4v) is 2.38. The number of pyridine rings is 1. The molecule has 1 aromatic heterocycles. The van der Waals surface area contributed by atoms with Crippen molar-refractivity contribution in [2.24, 2.45) is 0 Å².